The maximum atomic E-state index is 8.36. The van der Waals surface area contributed by atoms with Crippen molar-refractivity contribution in [3.8, 4) is 0 Å². The lowest BCUT2D eigenvalue weighted by Crippen LogP contribution is -2.31. The number of rotatable bonds is 8. The van der Waals surface area contributed by atoms with Crippen molar-refractivity contribution >= 4 is 5.84 Å². The first-order valence-corrected chi connectivity index (χ1v) is 5.89. The molecule has 0 radical (unpaired) electrons. The molecule has 0 fully saturated rings. The van der Waals surface area contributed by atoms with Crippen LogP contribution in [-0.2, 0) is 6.54 Å². The standard InChI is InChI=1S/C11H21N5O/c1-10(9-16-8-4-7-14-16)13-6-3-2-5-11(12)15-17/h4,7-8,10,13,17H,2-3,5-6,9H2,1H3,(H2,12,15). The normalized spacial score (nSPS) is 13.8. The van der Waals surface area contributed by atoms with Gasteiger partial charge in [-0.25, -0.2) is 0 Å². The minimum absolute atomic E-state index is 0.301. The molecule has 0 aliphatic carbocycles. The summed E-state index contributed by atoms with van der Waals surface area (Å²) in [6.07, 6.45) is 6.32. The van der Waals surface area contributed by atoms with Crippen LogP contribution in [0.2, 0.25) is 0 Å². The first-order chi connectivity index (χ1) is 8.22. The molecule has 0 aliphatic rings. The van der Waals surface area contributed by atoms with E-state index in [9.17, 15) is 0 Å². The van der Waals surface area contributed by atoms with Crippen LogP contribution in [0.5, 0.6) is 0 Å². The molecular formula is C11H21N5O. The van der Waals surface area contributed by atoms with E-state index in [1.807, 2.05) is 16.9 Å². The van der Waals surface area contributed by atoms with Crippen LogP contribution in [0.1, 0.15) is 26.2 Å². The van der Waals surface area contributed by atoms with Crippen molar-refractivity contribution in [1.29, 1.82) is 0 Å². The van der Waals surface area contributed by atoms with Gasteiger partial charge in [-0.1, -0.05) is 5.16 Å². The number of aromatic nitrogens is 2. The second kappa shape index (κ2) is 7.67. The van der Waals surface area contributed by atoms with E-state index < -0.39 is 0 Å². The van der Waals surface area contributed by atoms with Crippen LogP contribution in [0, 0.1) is 0 Å². The van der Waals surface area contributed by atoms with Crippen molar-refractivity contribution in [2.45, 2.75) is 38.8 Å². The van der Waals surface area contributed by atoms with Crippen molar-refractivity contribution in [1.82, 2.24) is 15.1 Å². The van der Waals surface area contributed by atoms with Gasteiger partial charge in [-0.05, 0) is 32.4 Å². The fourth-order valence-electron chi connectivity index (χ4n) is 1.58. The van der Waals surface area contributed by atoms with E-state index >= 15 is 0 Å². The van der Waals surface area contributed by atoms with Gasteiger partial charge in [0.05, 0.1) is 6.54 Å². The van der Waals surface area contributed by atoms with E-state index in [2.05, 4.69) is 22.5 Å². The summed E-state index contributed by atoms with van der Waals surface area (Å²) < 4.78 is 1.91. The summed E-state index contributed by atoms with van der Waals surface area (Å²) in [6.45, 7) is 3.93. The number of hydrogen-bond acceptors (Lipinski definition) is 4. The second-order valence-electron chi connectivity index (χ2n) is 4.13. The monoisotopic (exact) mass is 239 g/mol. The van der Waals surface area contributed by atoms with E-state index in [0.717, 1.165) is 25.9 Å². The Bertz CT molecular complexity index is 323. The molecule has 0 aliphatic heterocycles. The van der Waals surface area contributed by atoms with Gasteiger partial charge in [0.2, 0.25) is 0 Å². The highest BCUT2D eigenvalue weighted by atomic mass is 16.4. The average Bonchev–Trinajstić information content (AvgIpc) is 2.81. The molecule has 0 aromatic carbocycles. The summed E-state index contributed by atoms with van der Waals surface area (Å²) in [6, 6.07) is 2.31. The number of hydrogen-bond donors (Lipinski definition) is 3. The zero-order chi connectivity index (χ0) is 12.5. The fourth-order valence-corrected chi connectivity index (χ4v) is 1.58. The molecule has 1 rings (SSSR count). The van der Waals surface area contributed by atoms with Gasteiger partial charge in [-0.2, -0.15) is 5.10 Å². The van der Waals surface area contributed by atoms with Gasteiger partial charge in [0, 0.05) is 24.9 Å². The van der Waals surface area contributed by atoms with Crippen molar-refractivity contribution in [3.63, 3.8) is 0 Å². The molecule has 1 aromatic heterocycles. The topological polar surface area (TPSA) is 88.5 Å². The van der Waals surface area contributed by atoms with Gasteiger partial charge >= 0.3 is 0 Å². The highest BCUT2D eigenvalue weighted by molar-refractivity contribution is 5.79. The van der Waals surface area contributed by atoms with E-state index in [4.69, 9.17) is 10.9 Å². The Labute approximate surface area is 101 Å². The fraction of sp³-hybridized carbons (Fsp3) is 0.636. The van der Waals surface area contributed by atoms with Crippen molar-refractivity contribution in [2.75, 3.05) is 6.54 Å². The molecule has 0 amide bonds. The van der Waals surface area contributed by atoms with Gasteiger partial charge in [0.1, 0.15) is 5.84 Å². The summed E-state index contributed by atoms with van der Waals surface area (Å²) in [7, 11) is 0. The van der Waals surface area contributed by atoms with Gasteiger partial charge in [-0.3, -0.25) is 4.68 Å². The van der Waals surface area contributed by atoms with Crippen LogP contribution in [0.3, 0.4) is 0 Å². The van der Waals surface area contributed by atoms with Gasteiger partial charge in [0.25, 0.3) is 0 Å². The summed E-state index contributed by atoms with van der Waals surface area (Å²) in [5.74, 6) is 0.301. The Kier molecular flexibility index (Phi) is 6.09. The first-order valence-electron chi connectivity index (χ1n) is 5.89. The Hall–Kier alpha value is -1.56. The molecule has 6 heteroatoms. The highest BCUT2D eigenvalue weighted by Crippen LogP contribution is 1.96. The summed E-state index contributed by atoms with van der Waals surface area (Å²) >= 11 is 0. The number of oxime groups is 1. The molecule has 0 saturated carbocycles. The Balaban J connectivity index is 2.02. The third kappa shape index (κ3) is 5.91. The molecule has 0 saturated heterocycles. The average molecular weight is 239 g/mol. The van der Waals surface area contributed by atoms with Crippen LogP contribution in [0.25, 0.3) is 0 Å². The second-order valence-corrected chi connectivity index (χ2v) is 4.13. The minimum atomic E-state index is 0.301. The van der Waals surface area contributed by atoms with Gasteiger partial charge in [0.15, 0.2) is 0 Å². The van der Waals surface area contributed by atoms with E-state index in [-0.39, 0.29) is 0 Å². The zero-order valence-corrected chi connectivity index (χ0v) is 10.2. The lowest BCUT2D eigenvalue weighted by atomic mass is 10.2. The number of nitrogens with zero attached hydrogens (tertiary/aromatic N) is 3. The molecule has 0 spiro atoms. The molecule has 1 unspecified atom stereocenters. The predicted molar refractivity (Wildman–Crippen MR) is 67.0 cm³/mol. The summed E-state index contributed by atoms with van der Waals surface area (Å²) in [5, 5.41) is 18.9. The maximum Gasteiger partial charge on any atom is 0.139 e. The van der Waals surface area contributed by atoms with E-state index in [1.165, 1.54) is 0 Å². The number of nitrogens with two attached hydrogens (primary N) is 1. The molecule has 1 atom stereocenters. The molecule has 1 aromatic rings. The molecular weight excluding hydrogens is 218 g/mol. The van der Waals surface area contributed by atoms with Crippen LogP contribution < -0.4 is 11.1 Å². The van der Waals surface area contributed by atoms with Crippen LogP contribution in [0.4, 0.5) is 0 Å². The largest absolute Gasteiger partial charge is 0.409 e. The zero-order valence-electron chi connectivity index (χ0n) is 10.2. The Morgan fingerprint density at radius 1 is 1.59 bits per heavy atom. The van der Waals surface area contributed by atoms with Crippen molar-refractivity contribution in [2.24, 2.45) is 10.9 Å². The number of amidine groups is 1. The molecule has 4 N–H and O–H groups in total. The quantitative estimate of drug-likeness (QED) is 0.206. The van der Waals surface area contributed by atoms with Gasteiger partial charge < -0.3 is 16.3 Å². The van der Waals surface area contributed by atoms with E-state index in [0.29, 0.717) is 18.3 Å². The predicted octanol–water partition coefficient (Wildman–Crippen LogP) is 0.778. The first kappa shape index (κ1) is 13.5. The SMILES string of the molecule is CC(Cn1cccn1)NCCCCC(N)=NO. The van der Waals surface area contributed by atoms with Crippen molar-refractivity contribution in [3.05, 3.63) is 18.5 Å². The van der Waals surface area contributed by atoms with Crippen LogP contribution >= 0.6 is 0 Å². The number of nitrogens with one attached hydrogen (secondary N) is 1. The Morgan fingerprint density at radius 3 is 3.06 bits per heavy atom. The van der Waals surface area contributed by atoms with Gasteiger partial charge in [-0.15, -0.1) is 0 Å². The molecule has 17 heavy (non-hydrogen) atoms. The summed E-state index contributed by atoms with van der Waals surface area (Å²) in [5.41, 5.74) is 5.37. The molecule has 0 bridgehead atoms. The molecule has 96 valence electrons. The minimum Gasteiger partial charge on any atom is -0.409 e. The Morgan fingerprint density at radius 2 is 2.41 bits per heavy atom. The summed E-state index contributed by atoms with van der Waals surface area (Å²) in [4.78, 5) is 0. The third-order valence-electron chi connectivity index (χ3n) is 2.50. The lowest BCUT2D eigenvalue weighted by molar-refractivity contribution is 0.316. The molecule has 6 nitrogen and oxygen atoms in total. The van der Waals surface area contributed by atoms with E-state index in [1.54, 1.807) is 6.20 Å². The smallest absolute Gasteiger partial charge is 0.139 e. The van der Waals surface area contributed by atoms with Crippen molar-refractivity contribution < 1.29 is 5.21 Å². The highest BCUT2D eigenvalue weighted by Gasteiger charge is 2.02. The molecule has 1 heterocycles. The third-order valence-corrected chi connectivity index (χ3v) is 2.50. The maximum absolute atomic E-state index is 8.36. The van der Waals surface area contributed by atoms with Crippen LogP contribution in [-0.4, -0.2) is 33.4 Å². The lowest BCUT2D eigenvalue weighted by Gasteiger charge is -2.13. The number of unbranched alkanes of at least 4 members (excludes halogenated alkanes) is 1. The van der Waals surface area contributed by atoms with Crippen LogP contribution in [0.15, 0.2) is 23.6 Å².